The van der Waals surface area contributed by atoms with E-state index in [0.29, 0.717) is 22.2 Å². The third-order valence-corrected chi connectivity index (χ3v) is 3.82. The molecule has 21 heavy (non-hydrogen) atoms. The van der Waals surface area contributed by atoms with Crippen LogP contribution in [0.4, 0.5) is 0 Å². The fraction of sp³-hybridized carbons (Fsp3) is 0.400. The molecule has 5 nitrogen and oxygen atoms in total. The van der Waals surface area contributed by atoms with Crippen molar-refractivity contribution in [3.05, 3.63) is 34.6 Å². The summed E-state index contributed by atoms with van der Waals surface area (Å²) in [6.07, 6.45) is 2.54. The summed E-state index contributed by atoms with van der Waals surface area (Å²) < 4.78 is 7.02. The Morgan fingerprint density at radius 1 is 1.38 bits per heavy atom. The van der Waals surface area contributed by atoms with Crippen molar-refractivity contribution in [1.29, 1.82) is 0 Å². The number of hydrogen-bond acceptors (Lipinski definition) is 4. The van der Waals surface area contributed by atoms with Gasteiger partial charge in [0.15, 0.2) is 6.29 Å². The largest absolute Gasteiger partial charge is 0.494 e. The average Bonchev–Trinajstić information content (AvgIpc) is 2.92. The molecule has 0 amide bonds. The third kappa shape index (κ3) is 2.93. The molecule has 0 N–H and O–H groups in total. The van der Waals surface area contributed by atoms with E-state index >= 15 is 0 Å². The Bertz CT molecular complexity index is 636. The van der Waals surface area contributed by atoms with Crippen molar-refractivity contribution in [2.45, 2.75) is 32.6 Å². The van der Waals surface area contributed by atoms with Crippen LogP contribution in [-0.4, -0.2) is 28.4 Å². The highest BCUT2D eigenvalue weighted by atomic mass is 35.5. The van der Waals surface area contributed by atoms with Crippen LogP contribution in [0.3, 0.4) is 0 Å². The maximum Gasteiger partial charge on any atom is 0.172 e. The van der Waals surface area contributed by atoms with E-state index in [9.17, 15) is 4.79 Å². The Morgan fingerprint density at radius 3 is 2.67 bits per heavy atom. The number of aromatic nitrogens is 3. The number of benzene rings is 1. The fourth-order valence-electron chi connectivity index (χ4n) is 2.45. The Kier molecular flexibility index (Phi) is 4.96. The highest BCUT2D eigenvalue weighted by Crippen LogP contribution is 2.31. The van der Waals surface area contributed by atoms with Crippen LogP contribution in [0.2, 0.25) is 5.02 Å². The van der Waals surface area contributed by atoms with Gasteiger partial charge in [-0.3, -0.25) is 4.79 Å². The van der Waals surface area contributed by atoms with Gasteiger partial charge in [0.25, 0.3) is 0 Å². The van der Waals surface area contributed by atoms with Gasteiger partial charge in [-0.25, -0.2) is 4.68 Å². The Labute approximate surface area is 128 Å². The summed E-state index contributed by atoms with van der Waals surface area (Å²) in [6, 6.07) is 5.28. The van der Waals surface area contributed by atoms with E-state index < -0.39 is 0 Å². The van der Waals surface area contributed by atoms with Crippen molar-refractivity contribution < 1.29 is 9.53 Å². The number of carbonyl (C=O) groups is 1. The Hall–Kier alpha value is -1.88. The summed E-state index contributed by atoms with van der Waals surface area (Å²) in [4.78, 5) is 11.3. The second-order valence-corrected chi connectivity index (χ2v) is 5.16. The number of aldehydes is 1. The summed E-state index contributed by atoms with van der Waals surface area (Å²) in [5.41, 5.74) is 1.86. The molecule has 0 fully saturated rings. The first-order valence-corrected chi connectivity index (χ1v) is 7.28. The van der Waals surface area contributed by atoms with Gasteiger partial charge in [0, 0.05) is 10.9 Å². The summed E-state index contributed by atoms with van der Waals surface area (Å²) in [5.74, 6) is 0.831. The molecule has 0 aliphatic carbocycles. The number of carbonyl (C=O) groups excluding carboxylic acids is 1. The molecule has 0 atom stereocenters. The molecule has 0 bridgehead atoms. The number of ether oxygens (including phenoxy) is 1. The molecular formula is C15H18ClN3O2. The number of halogens is 1. The van der Waals surface area contributed by atoms with E-state index in [4.69, 9.17) is 16.3 Å². The average molecular weight is 308 g/mol. The van der Waals surface area contributed by atoms with Crippen molar-refractivity contribution in [2.75, 3.05) is 7.11 Å². The lowest BCUT2D eigenvalue weighted by molar-refractivity contribution is 0.111. The minimum Gasteiger partial charge on any atom is -0.494 e. The summed E-state index contributed by atoms with van der Waals surface area (Å²) in [6.45, 7) is 4.16. The van der Waals surface area contributed by atoms with Gasteiger partial charge in [-0.1, -0.05) is 30.7 Å². The molecule has 1 aromatic carbocycles. The van der Waals surface area contributed by atoms with E-state index in [1.807, 2.05) is 0 Å². The molecule has 0 radical (unpaired) electrons. The molecule has 1 aromatic heterocycles. The van der Waals surface area contributed by atoms with Crippen LogP contribution in [0.5, 0.6) is 5.75 Å². The zero-order chi connectivity index (χ0) is 15.4. The molecule has 1 heterocycles. The lowest BCUT2D eigenvalue weighted by atomic mass is 9.97. The molecule has 0 aliphatic heterocycles. The summed E-state index contributed by atoms with van der Waals surface area (Å²) in [7, 11) is 1.58. The van der Waals surface area contributed by atoms with Crippen molar-refractivity contribution in [2.24, 2.45) is 0 Å². The lowest BCUT2D eigenvalue weighted by Gasteiger charge is -2.16. The van der Waals surface area contributed by atoms with Gasteiger partial charge in [0.05, 0.1) is 12.8 Å². The minimum atomic E-state index is 0.198. The van der Waals surface area contributed by atoms with Gasteiger partial charge < -0.3 is 4.74 Å². The normalized spacial score (nSPS) is 10.9. The van der Waals surface area contributed by atoms with Crippen molar-refractivity contribution in [3.63, 3.8) is 0 Å². The fourth-order valence-corrected chi connectivity index (χ4v) is 2.62. The SMILES string of the molecule is CCC(CC)c1c(C=O)nnn1-c1cc(Cl)ccc1OC. The Balaban J connectivity index is 2.67. The molecular weight excluding hydrogens is 290 g/mol. The van der Waals surface area contributed by atoms with Crippen LogP contribution in [0.1, 0.15) is 48.8 Å². The summed E-state index contributed by atoms with van der Waals surface area (Å²) >= 11 is 6.08. The number of methoxy groups -OCH3 is 1. The molecule has 0 saturated heterocycles. The zero-order valence-corrected chi connectivity index (χ0v) is 13.1. The molecule has 0 saturated carbocycles. The maximum absolute atomic E-state index is 11.3. The molecule has 0 aliphatic rings. The molecule has 2 rings (SSSR count). The van der Waals surface area contributed by atoms with Crippen molar-refractivity contribution in [1.82, 2.24) is 15.0 Å². The standard InChI is InChI=1S/C15H18ClN3O2/c1-4-10(5-2)15-12(9-20)17-18-19(15)13-8-11(16)6-7-14(13)21-3/h6-10H,4-5H2,1-3H3. The second kappa shape index (κ2) is 6.72. The van der Waals surface area contributed by atoms with Gasteiger partial charge in [-0.05, 0) is 31.0 Å². The van der Waals surface area contributed by atoms with Crippen LogP contribution < -0.4 is 4.74 Å². The molecule has 6 heteroatoms. The topological polar surface area (TPSA) is 57.0 Å². The quantitative estimate of drug-likeness (QED) is 0.764. The van der Waals surface area contributed by atoms with E-state index in [1.54, 1.807) is 30.0 Å². The maximum atomic E-state index is 11.3. The smallest absolute Gasteiger partial charge is 0.172 e. The van der Waals surface area contributed by atoms with Gasteiger partial charge in [0.2, 0.25) is 0 Å². The van der Waals surface area contributed by atoms with E-state index in [0.717, 1.165) is 24.8 Å². The predicted molar refractivity (Wildman–Crippen MR) is 81.6 cm³/mol. The number of hydrogen-bond donors (Lipinski definition) is 0. The monoisotopic (exact) mass is 307 g/mol. The Morgan fingerprint density at radius 2 is 2.10 bits per heavy atom. The van der Waals surface area contributed by atoms with Crippen LogP contribution >= 0.6 is 11.6 Å². The lowest BCUT2D eigenvalue weighted by Crippen LogP contribution is -2.10. The van der Waals surface area contributed by atoms with Crippen LogP contribution in [0.25, 0.3) is 5.69 Å². The number of nitrogens with zero attached hydrogens (tertiary/aromatic N) is 3. The molecule has 2 aromatic rings. The van der Waals surface area contributed by atoms with Crippen LogP contribution in [0.15, 0.2) is 18.2 Å². The third-order valence-electron chi connectivity index (χ3n) is 3.59. The highest BCUT2D eigenvalue weighted by molar-refractivity contribution is 6.30. The predicted octanol–water partition coefficient (Wildman–Crippen LogP) is 3.65. The van der Waals surface area contributed by atoms with Crippen molar-refractivity contribution in [3.8, 4) is 11.4 Å². The van der Waals surface area contributed by atoms with E-state index in [1.165, 1.54) is 0 Å². The first-order chi connectivity index (χ1) is 10.2. The summed E-state index contributed by atoms with van der Waals surface area (Å²) in [5, 5.41) is 8.67. The van der Waals surface area contributed by atoms with Gasteiger partial charge in [-0.15, -0.1) is 5.10 Å². The second-order valence-electron chi connectivity index (χ2n) is 4.72. The highest BCUT2D eigenvalue weighted by Gasteiger charge is 2.22. The van der Waals surface area contributed by atoms with Gasteiger partial charge in [0.1, 0.15) is 17.1 Å². The van der Waals surface area contributed by atoms with E-state index in [2.05, 4.69) is 24.2 Å². The molecule has 112 valence electrons. The first kappa shape index (κ1) is 15.5. The van der Waals surface area contributed by atoms with Gasteiger partial charge >= 0.3 is 0 Å². The number of rotatable bonds is 6. The minimum absolute atomic E-state index is 0.198. The van der Waals surface area contributed by atoms with Crippen LogP contribution in [-0.2, 0) is 0 Å². The molecule has 0 unspecified atom stereocenters. The zero-order valence-electron chi connectivity index (χ0n) is 12.3. The van der Waals surface area contributed by atoms with Crippen LogP contribution in [0, 0.1) is 0 Å². The van der Waals surface area contributed by atoms with Crippen molar-refractivity contribution >= 4 is 17.9 Å². The van der Waals surface area contributed by atoms with Gasteiger partial charge in [-0.2, -0.15) is 0 Å². The first-order valence-electron chi connectivity index (χ1n) is 6.90. The molecule has 0 spiro atoms. The van der Waals surface area contributed by atoms with E-state index in [-0.39, 0.29) is 5.92 Å².